The monoisotopic (exact) mass is 493 g/mol. The first-order valence-corrected chi connectivity index (χ1v) is 13.1. The summed E-state index contributed by atoms with van der Waals surface area (Å²) < 4.78 is 29.2. The van der Waals surface area contributed by atoms with Gasteiger partial charge in [0, 0.05) is 31.7 Å². The van der Waals surface area contributed by atoms with Gasteiger partial charge < -0.3 is 14.9 Å². The van der Waals surface area contributed by atoms with Crippen molar-refractivity contribution in [3.63, 3.8) is 0 Å². The lowest BCUT2D eigenvalue weighted by molar-refractivity contribution is 0.0746. The van der Waals surface area contributed by atoms with E-state index in [1.54, 1.807) is 49.1 Å². The van der Waals surface area contributed by atoms with Crippen molar-refractivity contribution < 1.29 is 18.3 Å². The Labute approximate surface area is 207 Å². The van der Waals surface area contributed by atoms with E-state index in [-0.39, 0.29) is 16.6 Å². The third-order valence-corrected chi connectivity index (χ3v) is 8.06. The predicted octanol–water partition coefficient (Wildman–Crippen LogP) is 4.39. The molecule has 1 amide bonds. The molecule has 3 aromatic carbocycles. The van der Waals surface area contributed by atoms with Crippen LogP contribution in [0, 0.1) is 27.7 Å². The summed E-state index contributed by atoms with van der Waals surface area (Å²) in [4.78, 5) is 17.3. The van der Waals surface area contributed by atoms with E-state index in [4.69, 9.17) is 0 Å². The number of hydrogen-bond donors (Lipinski definition) is 2. The number of amides is 1. The maximum Gasteiger partial charge on any atom is 0.262 e. The average Bonchev–Trinajstić information content (AvgIpc) is 2.79. The van der Waals surface area contributed by atoms with Crippen LogP contribution in [0.3, 0.4) is 0 Å². The Bertz CT molecular complexity index is 1350. The fraction of sp³-hybridized carbons (Fsp3) is 0.296. The number of nitrogens with one attached hydrogen (secondary N) is 1. The minimum Gasteiger partial charge on any atom is -0.506 e. The molecular weight excluding hydrogens is 462 g/mol. The number of benzene rings is 3. The molecule has 0 aliphatic carbocycles. The lowest BCUT2D eigenvalue weighted by atomic mass is 10.1. The lowest BCUT2D eigenvalue weighted by Crippen LogP contribution is -2.48. The molecule has 0 radical (unpaired) electrons. The minimum absolute atomic E-state index is 0.148. The summed E-state index contributed by atoms with van der Waals surface area (Å²) in [6, 6.07) is 16.0. The third kappa shape index (κ3) is 5.12. The number of hydrogen-bond acceptors (Lipinski definition) is 5. The molecule has 1 heterocycles. The van der Waals surface area contributed by atoms with Crippen molar-refractivity contribution in [3.05, 3.63) is 82.4 Å². The number of anilines is 2. The number of phenolic OH excluding ortho intramolecular Hbond substituents is 1. The van der Waals surface area contributed by atoms with Crippen molar-refractivity contribution in [2.75, 3.05) is 35.8 Å². The second-order valence-electron chi connectivity index (χ2n) is 9.13. The van der Waals surface area contributed by atoms with E-state index in [9.17, 15) is 18.3 Å². The Hall–Kier alpha value is -3.52. The highest BCUT2D eigenvalue weighted by Crippen LogP contribution is 2.29. The van der Waals surface area contributed by atoms with Crippen LogP contribution < -0.4 is 9.62 Å². The quantitative estimate of drug-likeness (QED) is 0.550. The van der Waals surface area contributed by atoms with Crippen LogP contribution in [0.2, 0.25) is 0 Å². The molecule has 0 unspecified atom stereocenters. The maximum atomic E-state index is 13.3. The summed E-state index contributed by atoms with van der Waals surface area (Å²) >= 11 is 0. The van der Waals surface area contributed by atoms with E-state index >= 15 is 0 Å². The van der Waals surface area contributed by atoms with Gasteiger partial charge in [0.2, 0.25) is 0 Å². The number of aryl methyl sites for hydroxylation is 4. The second kappa shape index (κ2) is 9.62. The number of para-hydroxylation sites is 2. The normalized spacial score (nSPS) is 14.2. The van der Waals surface area contributed by atoms with Crippen LogP contribution in [0.4, 0.5) is 11.4 Å². The smallest absolute Gasteiger partial charge is 0.262 e. The van der Waals surface area contributed by atoms with E-state index in [2.05, 4.69) is 9.62 Å². The van der Waals surface area contributed by atoms with Gasteiger partial charge in [-0.05, 0) is 68.7 Å². The molecular formula is C27H31N3O4S. The van der Waals surface area contributed by atoms with E-state index in [1.807, 2.05) is 38.1 Å². The second-order valence-corrected chi connectivity index (χ2v) is 10.8. The molecule has 1 saturated heterocycles. The lowest BCUT2D eigenvalue weighted by Gasteiger charge is -2.36. The summed E-state index contributed by atoms with van der Waals surface area (Å²) in [5.41, 5.74) is 4.68. The molecule has 0 aromatic heterocycles. The highest BCUT2D eigenvalue weighted by atomic mass is 32.2. The topological polar surface area (TPSA) is 90.0 Å². The van der Waals surface area contributed by atoms with Gasteiger partial charge in [-0.25, -0.2) is 8.42 Å². The predicted molar refractivity (Wildman–Crippen MR) is 139 cm³/mol. The van der Waals surface area contributed by atoms with E-state index < -0.39 is 10.0 Å². The molecule has 0 bridgehead atoms. The number of rotatable bonds is 5. The van der Waals surface area contributed by atoms with Crippen molar-refractivity contribution in [2.45, 2.75) is 32.6 Å². The van der Waals surface area contributed by atoms with Crippen LogP contribution >= 0.6 is 0 Å². The summed E-state index contributed by atoms with van der Waals surface area (Å²) in [5.74, 6) is 0.0758. The number of sulfonamides is 1. The van der Waals surface area contributed by atoms with Crippen LogP contribution in [0.15, 0.2) is 59.5 Å². The third-order valence-electron chi connectivity index (χ3n) is 6.39. The minimum atomic E-state index is -3.83. The van der Waals surface area contributed by atoms with Gasteiger partial charge in [-0.3, -0.25) is 9.52 Å². The van der Waals surface area contributed by atoms with Gasteiger partial charge in [-0.1, -0.05) is 35.9 Å². The largest absolute Gasteiger partial charge is 0.506 e. The molecule has 184 valence electrons. The zero-order valence-corrected chi connectivity index (χ0v) is 21.3. The Morgan fingerprint density at radius 1 is 0.857 bits per heavy atom. The molecule has 1 aliphatic rings. The van der Waals surface area contributed by atoms with Gasteiger partial charge in [0.1, 0.15) is 5.75 Å². The maximum absolute atomic E-state index is 13.3. The van der Waals surface area contributed by atoms with Gasteiger partial charge >= 0.3 is 0 Å². The van der Waals surface area contributed by atoms with Crippen LogP contribution in [-0.4, -0.2) is 50.5 Å². The van der Waals surface area contributed by atoms with Gasteiger partial charge in [-0.2, -0.15) is 0 Å². The SMILES string of the molecule is Cc1cc(C)c(S(=O)(=O)Nc2cc(C(=O)N3CCN(c4ccccc4O)CC3)ccc2C)c(C)c1. The van der Waals surface area contributed by atoms with Gasteiger partial charge in [0.25, 0.3) is 15.9 Å². The first kappa shape index (κ1) is 24.6. The first-order valence-electron chi connectivity index (χ1n) is 11.6. The molecule has 1 fully saturated rings. The fourth-order valence-electron chi connectivity index (χ4n) is 4.72. The molecule has 0 spiro atoms. The first-order chi connectivity index (χ1) is 16.6. The molecule has 7 nitrogen and oxygen atoms in total. The summed E-state index contributed by atoms with van der Waals surface area (Å²) in [6.45, 7) is 9.53. The number of aromatic hydroxyl groups is 1. The van der Waals surface area contributed by atoms with Crippen molar-refractivity contribution in [2.24, 2.45) is 0 Å². The standard InChI is InChI=1S/C27H31N3O4S/c1-18-15-20(3)26(21(4)16-18)35(33,34)28-23-17-22(10-9-19(23)2)27(32)30-13-11-29(12-14-30)24-7-5-6-8-25(24)31/h5-10,15-17,28,31H,11-14H2,1-4H3. The Balaban J connectivity index is 1.52. The zero-order chi connectivity index (χ0) is 25.3. The Kier molecular flexibility index (Phi) is 6.76. The number of phenols is 1. The Morgan fingerprint density at radius 3 is 2.11 bits per heavy atom. The molecule has 0 atom stereocenters. The fourth-order valence-corrected chi connectivity index (χ4v) is 6.29. The molecule has 8 heteroatoms. The molecule has 1 aliphatic heterocycles. The highest BCUT2D eigenvalue weighted by molar-refractivity contribution is 7.92. The molecule has 35 heavy (non-hydrogen) atoms. The van der Waals surface area contributed by atoms with Crippen LogP contribution in [0.1, 0.15) is 32.6 Å². The van der Waals surface area contributed by atoms with Crippen LogP contribution in [-0.2, 0) is 10.0 Å². The molecule has 4 rings (SSSR count). The van der Waals surface area contributed by atoms with E-state index in [0.717, 1.165) is 16.8 Å². The van der Waals surface area contributed by atoms with Gasteiger partial charge in [0.05, 0.1) is 16.3 Å². The van der Waals surface area contributed by atoms with Crippen molar-refractivity contribution in [1.29, 1.82) is 0 Å². The van der Waals surface area contributed by atoms with Crippen LogP contribution in [0.5, 0.6) is 5.75 Å². The summed E-state index contributed by atoms with van der Waals surface area (Å²) in [5, 5.41) is 10.1. The number of carbonyl (C=O) groups is 1. The summed E-state index contributed by atoms with van der Waals surface area (Å²) in [7, 11) is -3.83. The van der Waals surface area contributed by atoms with Crippen LogP contribution in [0.25, 0.3) is 0 Å². The average molecular weight is 494 g/mol. The highest BCUT2D eigenvalue weighted by Gasteiger charge is 2.25. The molecule has 2 N–H and O–H groups in total. The van der Waals surface area contributed by atoms with Crippen molar-refractivity contribution in [3.8, 4) is 5.75 Å². The summed E-state index contributed by atoms with van der Waals surface area (Å²) in [6.07, 6.45) is 0. The molecule has 3 aromatic rings. The Morgan fingerprint density at radius 2 is 1.49 bits per heavy atom. The van der Waals surface area contributed by atoms with Crippen molar-refractivity contribution in [1.82, 2.24) is 4.90 Å². The van der Waals surface area contributed by atoms with E-state index in [1.165, 1.54) is 0 Å². The van der Waals surface area contributed by atoms with Crippen molar-refractivity contribution >= 4 is 27.3 Å². The van der Waals surface area contributed by atoms with E-state index in [0.29, 0.717) is 48.6 Å². The van der Waals surface area contributed by atoms with Gasteiger partial charge in [-0.15, -0.1) is 0 Å². The number of piperazine rings is 1. The number of nitrogens with zero attached hydrogens (tertiary/aromatic N) is 2. The zero-order valence-electron chi connectivity index (χ0n) is 20.5. The van der Waals surface area contributed by atoms with Gasteiger partial charge in [0.15, 0.2) is 0 Å². The number of carbonyl (C=O) groups excluding carboxylic acids is 1. The molecule has 0 saturated carbocycles.